The van der Waals surface area contributed by atoms with Gasteiger partial charge in [-0.1, -0.05) is 62.4 Å². The molecule has 0 fully saturated rings. The average Bonchev–Trinajstić information content (AvgIpc) is 2.95. The molecular formula is C31H39N3O5S. The van der Waals surface area contributed by atoms with E-state index >= 15 is 0 Å². The molecule has 9 heteroatoms. The van der Waals surface area contributed by atoms with E-state index in [1.165, 1.54) is 17.0 Å². The molecule has 3 aromatic rings. The lowest BCUT2D eigenvalue weighted by atomic mass is 10.1. The summed E-state index contributed by atoms with van der Waals surface area (Å²) in [6, 6.07) is 21.6. The largest absolute Gasteiger partial charge is 0.497 e. The lowest BCUT2D eigenvalue weighted by Gasteiger charge is -2.34. The summed E-state index contributed by atoms with van der Waals surface area (Å²) < 4.78 is 34.5. The van der Waals surface area contributed by atoms with Crippen molar-refractivity contribution in [2.75, 3.05) is 18.0 Å². The van der Waals surface area contributed by atoms with Crippen molar-refractivity contribution in [1.82, 2.24) is 10.2 Å². The molecule has 8 nitrogen and oxygen atoms in total. The minimum absolute atomic E-state index is 0.0812. The second kappa shape index (κ2) is 14.0. The number of ether oxygens (including phenoxy) is 1. The van der Waals surface area contributed by atoms with Crippen molar-refractivity contribution < 1.29 is 22.7 Å². The maximum atomic E-state index is 14.2. The van der Waals surface area contributed by atoms with E-state index in [4.69, 9.17) is 4.74 Å². The normalized spacial score (nSPS) is 12.1. The summed E-state index contributed by atoms with van der Waals surface area (Å²) in [7, 11) is -2.55. The molecule has 0 bridgehead atoms. The molecule has 0 aliphatic rings. The molecule has 0 saturated heterocycles. The number of rotatable bonds is 13. The number of nitrogens with zero attached hydrogens (tertiary/aromatic N) is 2. The molecule has 0 aliphatic heterocycles. The summed E-state index contributed by atoms with van der Waals surface area (Å²) in [5.41, 5.74) is 1.98. The lowest BCUT2D eigenvalue weighted by Crippen LogP contribution is -2.53. The predicted octanol–water partition coefficient (Wildman–Crippen LogP) is 4.78. The van der Waals surface area contributed by atoms with Gasteiger partial charge in [0, 0.05) is 12.6 Å². The highest BCUT2D eigenvalue weighted by Gasteiger charge is 2.34. The van der Waals surface area contributed by atoms with Crippen LogP contribution in [0.1, 0.15) is 45.2 Å². The summed E-state index contributed by atoms with van der Waals surface area (Å²) in [6.07, 6.45) is 0.929. The van der Waals surface area contributed by atoms with Crippen LogP contribution in [0.4, 0.5) is 5.69 Å². The summed E-state index contributed by atoms with van der Waals surface area (Å²) in [4.78, 5) is 29.0. The van der Waals surface area contributed by atoms with Gasteiger partial charge in [-0.2, -0.15) is 0 Å². The number of benzene rings is 3. The molecule has 0 aromatic heterocycles. The molecule has 0 spiro atoms. The number of carbonyl (C=O) groups excluding carboxylic acids is 2. The summed E-state index contributed by atoms with van der Waals surface area (Å²) in [6.45, 7) is 7.12. The van der Waals surface area contributed by atoms with Crippen LogP contribution in [0, 0.1) is 0 Å². The van der Waals surface area contributed by atoms with Gasteiger partial charge < -0.3 is 15.0 Å². The van der Waals surface area contributed by atoms with Crippen LogP contribution in [-0.4, -0.2) is 50.9 Å². The summed E-state index contributed by atoms with van der Waals surface area (Å²) in [5.74, 6) is -0.158. The molecule has 3 rings (SSSR count). The Balaban J connectivity index is 2.10. The number of carbonyl (C=O) groups is 2. The quantitative estimate of drug-likeness (QED) is 0.322. The van der Waals surface area contributed by atoms with Crippen molar-refractivity contribution in [3.05, 3.63) is 90.0 Å². The molecule has 40 heavy (non-hydrogen) atoms. The number of hydrogen-bond acceptors (Lipinski definition) is 5. The van der Waals surface area contributed by atoms with Gasteiger partial charge in [-0.3, -0.25) is 13.9 Å². The second-order valence-electron chi connectivity index (χ2n) is 9.77. The third-order valence-electron chi connectivity index (χ3n) is 6.56. The summed E-state index contributed by atoms with van der Waals surface area (Å²) >= 11 is 0. The number of para-hydroxylation sites is 1. The van der Waals surface area contributed by atoms with Gasteiger partial charge in [0.25, 0.3) is 10.0 Å². The third kappa shape index (κ3) is 7.41. The molecule has 0 radical (unpaired) electrons. The van der Waals surface area contributed by atoms with E-state index in [-0.39, 0.29) is 23.4 Å². The number of nitrogens with one attached hydrogen (secondary N) is 1. The molecule has 3 aromatic carbocycles. The van der Waals surface area contributed by atoms with Gasteiger partial charge in [-0.25, -0.2) is 8.42 Å². The van der Waals surface area contributed by atoms with Crippen LogP contribution in [-0.2, 0) is 32.6 Å². The highest BCUT2D eigenvalue weighted by Crippen LogP contribution is 2.28. The molecule has 2 amide bonds. The van der Waals surface area contributed by atoms with Crippen LogP contribution in [0.25, 0.3) is 0 Å². The van der Waals surface area contributed by atoms with E-state index in [1.54, 1.807) is 49.6 Å². The number of sulfonamides is 1. The van der Waals surface area contributed by atoms with Crippen LogP contribution in [0.15, 0.2) is 83.8 Å². The first-order valence-electron chi connectivity index (χ1n) is 13.5. The van der Waals surface area contributed by atoms with E-state index < -0.39 is 28.5 Å². The van der Waals surface area contributed by atoms with Gasteiger partial charge in [-0.05, 0) is 68.1 Å². The second-order valence-corrected chi connectivity index (χ2v) is 11.6. The van der Waals surface area contributed by atoms with Gasteiger partial charge in [0.15, 0.2) is 0 Å². The fourth-order valence-corrected chi connectivity index (χ4v) is 6.03. The smallest absolute Gasteiger partial charge is 0.264 e. The Labute approximate surface area is 238 Å². The average molecular weight is 566 g/mol. The maximum Gasteiger partial charge on any atom is 0.264 e. The standard InChI is InChI=1S/C31H39N3O5S/c1-6-25-15-11-12-19-29(25)34(40(37,38)27-17-9-8-10-18-27)22-30(35)33(28(7-2)31(36)32-23(3)4)21-24-14-13-16-26(20-24)39-5/h8-20,23,28H,6-7,21-22H2,1-5H3,(H,32,36)/t28-/m1/s1. The van der Waals surface area contributed by atoms with E-state index in [9.17, 15) is 18.0 Å². The Morgan fingerprint density at radius 3 is 2.23 bits per heavy atom. The minimum Gasteiger partial charge on any atom is -0.497 e. The predicted molar refractivity (Wildman–Crippen MR) is 158 cm³/mol. The van der Waals surface area contributed by atoms with Crippen LogP contribution < -0.4 is 14.4 Å². The first kappa shape index (κ1) is 30.7. The first-order chi connectivity index (χ1) is 19.1. The van der Waals surface area contributed by atoms with Gasteiger partial charge in [0.05, 0.1) is 17.7 Å². The molecule has 1 N–H and O–H groups in total. The molecule has 0 heterocycles. The van der Waals surface area contributed by atoms with Crippen molar-refractivity contribution in [2.45, 2.75) is 64.1 Å². The van der Waals surface area contributed by atoms with Gasteiger partial charge in [-0.15, -0.1) is 0 Å². The van der Waals surface area contributed by atoms with Gasteiger partial charge in [0.2, 0.25) is 11.8 Å². The van der Waals surface area contributed by atoms with Crippen LogP contribution in [0.3, 0.4) is 0 Å². The molecule has 1 atom stereocenters. The number of anilines is 1. The van der Waals surface area contributed by atoms with Gasteiger partial charge >= 0.3 is 0 Å². The van der Waals surface area contributed by atoms with Crippen LogP contribution in [0.2, 0.25) is 0 Å². The SMILES string of the molecule is CCc1ccccc1N(CC(=O)N(Cc1cccc(OC)c1)[C@H](CC)C(=O)NC(C)C)S(=O)(=O)c1ccccc1. The Morgan fingerprint density at radius 2 is 1.60 bits per heavy atom. The number of aryl methyl sites for hydroxylation is 1. The number of hydrogen-bond donors (Lipinski definition) is 1. The maximum absolute atomic E-state index is 14.2. The topological polar surface area (TPSA) is 96.0 Å². The van der Waals surface area contributed by atoms with E-state index in [0.29, 0.717) is 24.3 Å². The molecule has 0 saturated carbocycles. The zero-order chi connectivity index (χ0) is 29.3. The van der Waals surface area contributed by atoms with Gasteiger partial charge in [0.1, 0.15) is 18.3 Å². The fraction of sp³-hybridized carbons (Fsp3) is 0.355. The van der Waals surface area contributed by atoms with Crippen LogP contribution >= 0.6 is 0 Å². The Bertz CT molecular complexity index is 1390. The number of methoxy groups -OCH3 is 1. The summed E-state index contributed by atoms with van der Waals surface area (Å²) in [5, 5.41) is 2.91. The van der Waals surface area contributed by atoms with Crippen molar-refractivity contribution >= 4 is 27.5 Å². The van der Waals surface area contributed by atoms with Crippen molar-refractivity contribution in [3.8, 4) is 5.75 Å². The number of amides is 2. The monoisotopic (exact) mass is 565 g/mol. The van der Waals surface area contributed by atoms with Crippen molar-refractivity contribution in [2.24, 2.45) is 0 Å². The Hall–Kier alpha value is -3.85. The van der Waals surface area contributed by atoms with E-state index in [2.05, 4.69) is 5.32 Å². The molecule has 0 unspecified atom stereocenters. The van der Waals surface area contributed by atoms with Crippen molar-refractivity contribution in [3.63, 3.8) is 0 Å². The highest BCUT2D eigenvalue weighted by molar-refractivity contribution is 7.92. The Kier molecular flexibility index (Phi) is 10.7. The highest BCUT2D eigenvalue weighted by atomic mass is 32.2. The molecule has 0 aliphatic carbocycles. The fourth-order valence-electron chi connectivity index (χ4n) is 4.55. The first-order valence-corrected chi connectivity index (χ1v) is 14.9. The lowest BCUT2D eigenvalue weighted by molar-refractivity contribution is -0.140. The van der Waals surface area contributed by atoms with Crippen LogP contribution in [0.5, 0.6) is 5.75 Å². The van der Waals surface area contributed by atoms with Crippen molar-refractivity contribution in [1.29, 1.82) is 0 Å². The molecule has 214 valence electrons. The Morgan fingerprint density at radius 1 is 0.925 bits per heavy atom. The molecular weight excluding hydrogens is 526 g/mol. The van der Waals surface area contributed by atoms with E-state index in [1.807, 2.05) is 52.0 Å². The zero-order valence-corrected chi connectivity index (χ0v) is 24.6. The zero-order valence-electron chi connectivity index (χ0n) is 23.8. The van der Waals surface area contributed by atoms with E-state index in [0.717, 1.165) is 15.4 Å². The minimum atomic E-state index is -4.11. The third-order valence-corrected chi connectivity index (χ3v) is 8.33.